The van der Waals surface area contributed by atoms with Crippen LogP contribution in [0.15, 0.2) is 60.9 Å². The predicted molar refractivity (Wildman–Crippen MR) is 51.6 cm³/mol. The Morgan fingerprint density at radius 3 is 1.38 bits per heavy atom. The van der Waals surface area contributed by atoms with Gasteiger partial charge in [-0.15, -0.1) is 0 Å². The number of rotatable bonds is 0. The Labute approximate surface area is 77.1 Å². The molecule has 0 saturated heterocycles. The third kappa shape index (κ3) is 5.38. The Kier molecular flexibility index (Phi) is 4.80. The maximum Gasteiger partial charge on any atom is 0.0488 e. The molecule has 0 unspecified atom stereocenters. The zero-order valence-electron chi connectivity index (χ0n) is 7.17. The van der Waals surface area contributed by atoms with Crippen molar-refractivity contribution in [3.63, 3.8) is 0 Å². The number of H-pyrrole nitrogens is 1. The molecule has 1 N–H and O–H groups in total. The van der Waals surface area contributed by atoms with Gasteiger partial charge in [0.05, 0.1) is 0 Å². The van der Waals surface area contributed by atoms with Gasteiger partial charge in [0, 0.05) is 12.4 Å². The summed E-state index contributed by atoms with van der Waals surface area (Å²) in [6, 6.07) is 15.1. The topological polar surface area (TPSA) is 41.6 Å². The summed E-state index contributed by atoms with van der Waals surface area (Å²) in [7, 11) is 0. The van der Waals surface area contributed by atoms with Crippen LogP contribution >= 0.6 is 0 Å². The summed E-state index contributed by atoms with van der Waals surface area (Å²) in [4.78, 5) is 0. The number of hydrogen-bond donors (Lipinski definition) is 1. The fraction of sp³-hybridized carbons (Fsp3) is 0. The van der Waals surface area contributed by atoms with Crippen LogP contribution in [-0.2, 0) is 0 Å². The van der Waals surface area contributed by atoms with Gasteiger partial charge in [0.15, 0.2) is 0 Å². The first kappa shape index (κ1) is 9.19. The Bertz CT molecular complexity index is 204. The van der Waals surface area contributed by atoms with Crippen LogP contribution in [-0.4, -0.2) is 15.4 Å². The molecule has 1 aromatic heterocycles. The number of nitrogens with one attached hydrogen (secondary N) is 1. The van der Waals surface area contributed by atoms with E-state index in [2.05, 4.69) is 15.4 Å². The summed E-state index contributed by atoms with van der Waals surface area (Å²) in [6.07, 6.45) is 3.26. The number of nitrogens with zero attached hydrogens (tertiary/aromatic N) is 2. The van der Waals surface area contributed by atoms with Crippen molar-refractivity contribution in [1.82, 2.24) is 15.4 Å². The van der Waals surface area contributed by atoms with Gasteiger partial charge in [-0.3, -0.25) is 0 Å². The standard InChI is InChI=1S/C10H11N3/c1-2-4-6-8-10-12-13-11-9-7-5-3-1/h1-10,13H. The Balaban J connectivity index is 3.02. The molecule has 0 aliphatic rings. The molecule has 0 aliphatic heterocycles. The predicted octanol–water partition coefficient (Wildman–Crippen LogP) is 2.05. The molecule has 0 bridgehead atoms. The van der Waals surface area contributed by atoms with Gasteiger partial charge in [0.1, 0.15) is 0 Å². The van der Waals surface area contributed by atoms with E-state index in [9.17, 15) is 0 Å². The number of hydrogen-bond acceptors (Lipinski definition) is 2. The highest BCUT2D eigenvalue weighted by Gasteiger charge is 1.58. The average Bonchev–Trinajstić information content (AvgIpc) is 2.18. The van der Waals surface area contributed by atoms with E-state index in [-0.39, 0.29) is 0 Å². The zero-order valence-corrected chi connectivity index (χ0v) is 7.17. The van der Waals surface area contributed by atoms with Gasteiger partial charge >= 0.3 is 0 Å². The summed E-state index contributed by atoms with van der Waals surface area (Å²) >= 11 is 0. The molecule has 0 radical (unpaired) electrons. The molecule has 0 spiro atoms. The third-order valence-electron chi connectivity index (χ3n) is 1.21. The van der Waals surface area contributed by atoms with Crippen LogP contribution in [0.3, 0.4) is 0 Å². The van der Waals surface area contributed by atoms with Crippen LogP contribution in [0.4, 0.5) is 0 Å². The molecule has 0 saturated carbocycles. The minimum atomic E-state index is 1.63. The van der Waals surface area contributed by atoms with E-state index in [0.29, 0.717) is 0 Å². The molecule has 13 heavy (non-hydrogen) atoms. The van der Waals surface area contributed by atoms with Gasteiger partial charge in [-0.05, 0) is 12.1 Å². The van der Waals surface area contributed by atoms with Gasteiger partial charge in [-0.1, -0.05) is 36.4 Å². The normalized spacial score (nSPS) is 8.00. The molecule has 0 aliphatic carbocycles. The van der Waals surface area contributed by atoms with E-state index >= 15 is 0 Å². The second-order valence-corrected chi connectivity index (χ2v) is 2.20. The van der Waals surface area contributed by atoms with E-state index in [4.69, 9.17) is 0 Å². The fourth-order valence-electron chi connectivity index (χ4n) is 0.670. The van der Waals surface area contributed by atoms with Crippen LogP contribution < -0.4 is 0 Å². The molecule has 3 nitrogen and oxygen atoms in total. The van der Waals surface area contributed by atoms with Crippen molar-refractivity contribution in [3.8, 4) is 0 Å². The molecule has 0 amide bonds. The molecule has 1 heterocycles. The van der Waals surface area contributed by atoms with Gasteiger partial charge in [-0.2, -0.15) is 15.4 Å². The van der Waals surface area contributed by atoms with E-state index in [1.165, 1.54) is 0 Å². The highest BCUT2D eigenvalue weighted by Crippen LogP contribution is 1.76. The Hall–Kier alpha value is -1.90. The van der Waals surface area contributed by atoms with Crippen molar-refractivity contribution in [1.29, 1.82) is 0 Å². The highest BCUT2D eigenvalue weighted by atomic mass is 15.3. The van der Waals surface area contributed by atoms with E-state index in [0.717, 1.165) is 0 Å². The summed E-state index contributed by atoms with van der Waals surface area (Å²) in [5.74, 6) is 0. The second kappa shape index (κ2) is 6.79. The minimum Gasteiger partial charge on any atom is -0.198 e. The molecule has 1 rings (SSSR count). The van der Waals surface area contributed by atoms with Crippen molar-refractivity contribution in [2.75, 3.05) is 0 Å². The van der Waals surface area contributed by atoms with Crippen LogP contribution in [0.5, 0.6) is 0 Å². The average molecular weight is 173 g/mol. The quantitative estimate of drug-likeness (QED) is 0.652. The van der Waals surface area contributed by atoms with Gasteiger partial charge in [0.2, 0.25) is 0 Å². The van der Waals surface area contributed by atoms with Crippen LogP contribution in [0.2, 0.25) is 0 Å². The lowest BCUT2D eigenvalue weighted by Crippen LogP contribution is -1.73. The molecule has 66 valence electrons. The molecular weight excluding hydrogens is 162 g/mol. The first-order valence-corrected chi connectivity index (χ1v) is 3.96. The molecule has 0 aromatic carbocycles. The van der Waals surface area contributed by atoms with Crippen molar-refractivity contribution in [3.05, 3.63) is 60.9 Å². The monoisotopic (exact) mass is 173 g/mol. The molecular formula is C10H11N3. The summed E-state index contributed by atoms with van der Waals surface area (Å²) in [6.45, 7) is 0. The Morgan fingerprint density at radius 2 is 0.923 bits per heavy atom. The summed E-state index contributed by atoms with van der Waals surface area (Å²) < 4.78 is 0. The Morgan fingerprint density at radius 1 is 0.538 bits per heavy atom. The van der Waals surface area contributed by atoms with Crippen LogP contribution in [0.1, 0.15) is 0 Å². The maximum absolute atomic E-state index is 3.79. The number of aromatic nitrogens is 3. The van der Waals surface area contributed by atoms with E-state index < -0.39 is 0 Å². The minimum absolute atomic E-state index is 1.63. The molecule has 1 aromatic rings. The lowest BCUT2D eigenvalue weighted by molar-refractivity contribution is 0.883. The maximum atomic E-state index is 3.79. The molecule has 0 atom stereocenters. The summed E-state index contributed by atoms with van der Waals surface area (Å²) in [5, 5.41) is 10.1. The second-order valence-electron chi connectivity index (χ2n) is 2.20. The smallest absolute Gasteiger partial charge is 0.0488 e. The first-order chi connectivity index (χ1) is 6.50. The van der Waals surface area contributed by atoms with E-state index in [1.54, 1.807) is 12.4 Å². The van der Waals surface area contributed by atoms with Crippen molar-refractivity contribution in [2.24, 2.45) is 0 Å². The largest absolute Gasteiger partial charge is 0.198 e. The highest BCUT2D eigenvalue weighted by molar-refractivity contribution is 4.94. The number of aromatic amines is 1. The summed E-state index contributed by atoms with van der Waals surface area (Å²) in [5.41, 5.74) is 0. The van der Waals surface area contributed by atoms with Gasteiger partial charge < -0.3 is 0 Å². The SMILES string of the molecule is c1cccccn[nH]ncccc1. The lowest BCUT2D eigenvalue weighted by Gasteiger charge is -1.68. The van der Waals surface area contributed by atoms with Gasteiger partial charge in [0.25, 0.3) is 0 Å². The van der Waals surface area contributed by atoms with Crippen LogP contribution in [0, 0.1) is 0 Å². The molecule has 0 fully saturated rings. The van der Waals surface area contributed by atoms with Crippen LogP contribution in [0.25, 0.3) is 0 Å². The van der Waals surface area contributed by atoms with Crippen molar-refractivity contribution in [2.45, 2.75) is 0 Å². The molecule has 3 heteroatoms. The third-order valence-corrected chi connectivity index (χ3v) is 1.21. The van der Waals surface area contributed by atoms with Crippen molar-refractivity contribution >= 4 is 0 Å². The lowest BCUT2D eigenvalue weighted by atomic mass is 10.4. The fourth-order valence-corrected chi connectivity index (χ4v) is 0.670. The van der Waals surface area contributed by atoms with Gasteiger partial charge in [-0.25, -0.2) is 0 Å². The van der Waals surface area contributed by atoms with E-state index in [1.807, 2.05) is 48.5 Å². The van der Waals surface area contributed by atoms with Crippen molar-refractivity contribution < 1.29 is 0 Å². The first-order valence-electron chi connectivity index (χ1n) is 3.96. The zero-order chi connectivity index (χ0) is 9.19.